The molecule has 0 unspecified atom stereocenters. The summed E-state index contributed by atoms with van der Waals surface area (Å²) in [6.07, 6.45) is 7.36. The number of aryl methyl sites for hydroxylation is 1. The van der Waals surface area contributed by atoms with E-state index in [2.05, 4.69) is 50.0 Å². The van der Waals surface area contributed by atoms with Gasteiger partial charge in [0.05, 0.1) is 19.1 Å². The molecule has 9 heteroatoms. The van der Waals surface area contributed by atoms with Crippen LogP contribution in [0, 0.1) is 17.3 Å². The Kier molecular flexibility index (Phi) is 21.3. The topological polar surface area (TPSA) is 60.0 Å². The molecule has 1 aromatic carbocycles. The molecule has 1 aromatic rings. The van der Waals surface area contributed by atoms with Gasteiger partial charge in [-0.1, -0.05) is 53.0 Å². The fourth-order valence-electron chi connectivity index (χ4n) is 5.67. The molecule has 1 N–H and O–H groups in total. The number of methoxy groups -OCH3 is 2. The molecule has 1 fully saturated rings. The number of amides is 1. The van der Waals surface area contributed by atoms with Gasteiger partial charge in [0.15, 0.2) is 11.5 Å². The maximum Gasteiger partial charge on any atom is 0.226 e. The molecule has 2 rings (SSSR count). The molecule has 0 spiro atoms. The highest BCUT2D eigenvalue weighted by molar-refractivity contribution is 7.99. The van der Waals surface area contributed by atoms with E-state index in [1.54, 1.807) is 14.2 Å². The van der Waals surface area contributed by atoms with E-state index in [0.717, 1.165) is 82.6 Å². The van der Waals surface area contributed by atoms with Crippen molar-refractivity contribution in [2.24, 2.45) is 17.3 Å². The van der Waals surface area contributed by atoms with E-state index in [4.69, 9.17) is 14.2 Å². The van der Waals surface area contributed by atoms with E-state index in [1.807, 2.05) is 17.8 Å². The number of rotatable bonds is 19. The van der Waals surface area contributed by atoms with Crippen LogP contribution in [0.25, 0.3) is 0 Å². The Morgan fingerprint density at radius 3 is 2.25 bits per heavy atom. The van der Waals surface area contributed by atoms with Gasteiger partial charge in [-0.2, -0.15) is 11.8 Å². The SMILES string of the molecule is COCCCOc1cc(CCCCCCC(C(=O)NCCN2CCSCC2)(C(C)C)C(C)C)ccc1OC.Cl.Cl. The third kappa shape index (κ3) is 12.6. The largest absolute Gasteiger partial charge is 0.493 e. The van der Waals surface area contributed by atoms with Crippen LogP contribution in [0.1, 0.15) is 71.8 Å². The van der Waals surface area contributed by atoms with Crippen LogP contribution in [0.2, 0.25) is 0 Å². The van der Waals surface area contributed by atoms with E-state index in [1.165, 1.54) is 17.1 Å². The fraction of sp³-hybridized carbons (Fsp3) is 0.774. The van der Waals surface area contributed by atoms with Crippen molar-refractivity contribution in [2.75, 3.05) is 65.1 Å². The molecule has 0 radical (unpaired) electrons. The molecule has 0 bridgehead atoms. The van der Waals surface area contributed by atoms with Crippen molar-refractivity contribution >= 4 is 42.5 Å². The molecule has 1 aliphatic rings. The quantitative estimate of drug-likeness (QED) is 0.169. The molecular formula is C31H56Cl2N2O4S. The molecule has 40 heavy (non-hydrogen) atoms. The first-order chi connectivity index (χ1) is 18.3. The van der Waals surface area contributed by atoms with Gasteiger partial charge < -0.3 is 19.5 Å². The number of hydrogen-bond acceptors (Lipinski definition) is 6. The zero-order valence-electron chi connectivity index (χ0n) is 25.8. The van der Waals surface area contributed by atoms with Crippen molar-refractivity contribution in [3.05, 3.63) is 23.8 Å². The van der Waals surface area contributed by atoms with Crippen molar-refractivity contribution in [2.45, 2.75) is 72.6 Å². The smallest absolute Gasteiger partial charge is 0.226 e. The van der Waals surface area contributed by atoms with Crippen LogP contribution < -0.4 is 14.8 Å². The number of benzene rings is 1. The second kappa shape index (κ2) is 21.8. The van der Waals surface area contributed by atoms with E-state index < -0.39 is 0 Å². The van der Waals surface area contributed by atoms with Crippen LogP contribution in [0.4, 0.5) is 0 Å². The molecule has 0 aromatic heterocycles. The van der Waals surface area contributed by atoms with Gasteiger partial charge in [0, 0.05) is 57.8 Å². The molecule has 1 saturated heterocycles. The van der Waals surface area contributed by atoms with Crippen LogP contribution in [0.5, 0.6) is 11.5 Å². The summed E-state index contributed by atoms with van der Waals surface area (Å²) in [7, 11) is 3.39. The number of nitrogens with zero attached hydrogens (tertiary/aromatic N) is 1. The lowest BCUT2D eigenvalue weighted by atomic mass is 9.65. The van der Waals surface area contributed by atoms with Gasteiger partial charge >= 0.3 is 0 Å². The first-order valence-corrected chi connectivity index (χ1v) is 15.9. The molecule has 0 atom stereocenters. The summed E-state index contributed by atoms with van der Waals surface area (Å²) in [5.74, 6) is 4.88. The number of nitrogens with one attached hydrogen (secondary N) is 1. The van der Waals surface area contributed by atoms with Crippen LogP contribution in [-0.4, -0.2) is 75.9 Å². The first-order valence-electron chi connectivity index (χ1n) is 14.7. The summed E-state index contributed by atoms with van der Waals surface area (Å²) >= 11 is 2.03. The van der Waals surface area contributed by atoms with Gasteiger partial charge in [0.1, 0.15) is 0 Å². The monoisotopic (exact) mass is 622 g/mol. The zero-order valence-corrected chi connectivity index (χ0v) is 28.2. The van der Waals surface area contributed by atoms with Crippen molar-refractivity contribution in [3.8, 4) is 11.5 Å². The minimum Gasteiger partial charge on any atom is -0.493 e. The van der Waals surface area contributed by atoms with Crippen LogP contribution >= 0.6 is 36.6 Å². The summed E-state index contributed by atoms with van der Waals surface area (Å²) in [4.78, 5) is 16.0. The normalized spacial score (nSPS) is 14.0. The van der Waals surface area contributed by atoms with Crippen molar-refractivity contribution in [1.29, 1.82) is 0 Å². The molecule has 1 aliphatic heterocycles. The second-order valence-corrected chi connectivity index (χ2v) is 12.4. The standard InChI is InChI=1S/C31H54N2O4S.2ClH/c1-25(2)31(26(3)4,30(34)32-16-17-33-18-22-38-23-19-33)15-10-8-7-9-12-27-13-14-28(36-6)29(24-27)37-21-11-20-35-5;;/h13-14,24-26H,7-12,15-23H2,1-6H3,(H,32,34);2*1H. The molecular weight excluding hydrogens is 567 g/mol. The van der Waals surface area contributed by atoms with Gasteiger partial charge in [-0.3, -0.25) is 9.69 Å². The Bertz CT molecular complexity index is 800. The summed E-state index contributed by atoms with van der Waals surface area (Å²) < 4.78 is 16.5. The Morgan fingerprint density at radius 1 is 0.950 bits per heavy atom. The van der Waals surface area contributed by atoms with Gasteiger partial charge in [0.2, 0.25) is 5.91 Å². The average Bonchev–Trinajstić information content (AvgIpc) is 2.91. The number of carbonyl (C=O) groups is 1. The lowest BCUT2D eigenvalue weighted by Crippen LogP contribution is -2.50. The number of thioether (sulfide) groups is 1. The van der Waals surface area contributed by atoms with Crippen LogP contribution in [0.15, 0.2) is 18.2 Å². The third-order valence-corrected chi connectivity index (χ3v) is 9.03. The van der Waals surface area contributed by atoms with E-state index in [-0.39, 0.29) is 36.1 Å². The van der Waals surface area contributed by atoms with Gasteiger partial charge in [-0.15, -0.1) is 24.8 Å². The molecule has 6 nitrogen and oxygen atoms in total. The number of unbranched alkanes of at least 4 members (excludes halogenated alkanes) is 3. The average molecular weight is 624 g/mol. The molecule has 0 saturated carbocycles. The Labute approximate surface area is 261 Å². The highest BCUT2D eigenvalue weighted by atomic mass is 35.5. The highest BCUT2D eigenvalue weighted by Crippen LogP contribution is 2.41. The van der Waals surface area contributed by atoms with Crippen molar-refractivity contribution < 1.29 is 19.0 Å². The number of ether oxygens (including phenoxy) is 3. The number of halogens is 2. The lowest BCUT2D eigenvalue weighted by molar-refractivity contribution is -0.137. The van der Waals surface area contributed by atoms with Crippen molar-refractivity contribution in [3.63, 3.8) is 0 Å². The molecule has 234 valence electrons. The van der Waals surface area contributed by atoms with Crippen LogP contribution in [0.3, 0.4) is 0 Å². The fourth-order valence-corrected chi connectivity index (χ4v) is 6.65. The lowest BCUT2D eigenvalue weighted by Gasteiger charge is -2.40. The third-order valence-electron chi connectivity index (χ3n) is 8.08. The minimum absolute atomic E-state index is 0. The molecule has 1 heterocycles. The summed E-state index contributed by atoms with van der Waals surface area (Å²) in [5.41, 5.74) is 0.973. The Morgan fingerprint density at radius 2 is 1.62 bits per heavy atom. The first kappa shape index (κ1) is 39.1. The van der Waals surface area contributed by atoms with Gasteiger partial charge in [-0.05, 0) is 48.8 Å². The predicted octanol–water partition coefficient (Wildman–Crippen LogP) is 6.91. The summed E-state index contributed by atoms with van der Waals surface area (Å²) in [6.45, 7) is 14.2. The molecule has 1 amide bonds. The second-order valence-electron chi connectivity index (χ2n) is 11.2. The summed E-state index contributed by atoms with van der Waals surface area (Å²) in [5, 5.41) is 3.33. The maximum atomic E-state index is 13.5. The Hall–Kier alpha value is -0.860. The Balaban J connectivity index is 0.00000760. The van der Waals surface area contributed by atoms with Crippen LogP contribution in [-0.2, 0) is 16.0 Å². The van der Waals surface area contributed by atoms with Crippen molar-refractivity contribution in [1.82, 2.24) is 10.2 Å². The predicted molar refractivity (Wildman–Crippen MR) is 175 cm³/mol. The van der Waals surface area contributed by atoms with Gasteiger partial charge in [0.25, 0.3) is 0 Å². The summed E-state index contributed by atoms with van der Waals surface area (Å²) in [6, 6.07) is 6.25. The number of carbonyl (C=O) groups excluding carboxylic acids is 1. The van der Waals surface area contributed by atoms with Gasteiger partial charge in [-0.25, -0.2) is 0 Å². The maximum absolute atomic E-state index is 13.5. The van der Waals surface area contributed by atoms with E-state index in [0.29, 0.717) is 25.0 Å². The number of hydrogen-bond donors (Lipinski definition) is 1. The van der Waals surface area contributed by atoms with E-state index >= 15 is 0 Å². The zero-order chi connectivity index (χ0) is 27.8. The van der Waals surface area contributed by atoms with E-state index in [9.17, 15) is 4.79 Å². The minimum atomic E-state index is -0.303. The highest BCUT2D eigenvalue weighted by Gasteiger charge is 2.43. The molecule has 0 aliphatic carbocycles.